The molecule has 1 heterocycles. The van der Waals surface area contributed by atoms with E-state index in [1.54, 1.807) is 13.2 Å². The third-order valence-electron chi connectivity index (χ3n) is 3.95. The molecule has 0 spiro atoms. The highest BCUT2D eigenvalue weighted by Crippen LogP contribution is 2.41. The van der Waals surface area contributed by atoms with Gasteiger partial charge in [0.25, 0.3) is 5.91 Å². The highest BCUT2D eigenvalue weighted by Gasteiger charge is 2.32. The fourth-order valence-corrected chi connectivity index (χ4v) is 2.82. The average molecular weight is 354 g/mol. The number of rotatable bonds is 6. The Balaban J connectivity index is 1.56. The van der Waals surface area contributed by atoms with Crippen molar-refractivity contribution in [2.75, 3.05) is 13.7 Å². The molecular formula is C20H22N2O4. The predicted molar refractivity (Wildman–Crippen MR) is 99.1 cm³/mol. The number of nitrogens with one attached hydrogen (secondary N) is 1. The molecule has 6 heteroatoms. The number of para-hydroxylation sites is 2. The number of nitrogens with zero attached hydrogens (tertiary/aromatic N) is 1. The first-order chi connectivity index (χ1) is 12.5. The Bertz CT molecular complexity index is 830. The van der Waals surface area contributed by atoms with E-state index in [4.69, 9.17) is 14.2 Å². The zero-order valence-electron chi connectivity index (χ0n) is 15.1. The summed E-state index contributed by atoms with van der Waals surface area (Å²) in [7, 11) is 1.58. The van der Waals surface area contributed by atoms with E-state index >= 15 is 0 Å². The Kier molecular flexibility index (Phi) is 5.11. The van der Waals surface area contributed by atoms with Crippen LogP contribution in [0.3, 0.4) is 0 Å². The van der Waals surface area contributed by atoms with Gasteiger partial charge >= 0.3 is 0 Å². The van der Waals surface area contributed by atoms with E-state index in [1.165, 1.54) is 6.21 Å². The third-order valence-corrected chi connectivity index (χ3v) is 3.95. The Hall–Kier alpha value is -3.02. The lowest BCUT2D eigenvalue weighted by atomic mass is 10.0. The molecule has 0 saturated carbocycles. The zero-order chi connectivity index (χ0) is 18.6. The Morgan fingerprint density at radius 2 is 2.00 bits per heavy atom. The van der Waals surface area contributed by atoms with E-state index in [0.29, 0.717) is 17.2 Å². The summed E-state index contributed by atoms with van der Waals surface area (Å²) in [6.07, 6.45) is 2.34. The van der Waals surface area contributed by atoms with Crippen molar-refractivity contribution in [1.29, 1.82) is 0 Å². The number of methoxy groups -OCH3 is 1. The van der Waals surface area contributed by atoms with Crippen LogP contribution >= 0.6 is 0 Å². The summed E-state index contributed by atoms with van der Waals surface area (Å²) >= 11 is 0. The molecular weight excluding hydrogens is 332 g/mol. The second kappa shape index (κ2) is 7.47. The summed E-state index contributed by atoms with van der Waals surface area (Å²) < 4.78 is 16.8. The highest BCUT2D eigenvalue weighted by molar-refractivity contribution is 5.85. The number of carbonyl (C=O) groups is 1. The van der Waals surface area contributed by atoms with Crippen LogP contribution in [0.4, 0.5) is 0 Å². The van der Waals surface area contributed by atoms with Crippen LogP contribution in [0, 0.1) is 0 Å². The second-order valence-corrected chi connectivity index (χ2v) is 6.61. The number of ether oxygens (including phenoxy) is 3. The van der Waals surface area contributed by atoms with E-state index in [1.807, 2.05) is 50.2 Å². The molecule has 2 aromatic carbocycles. The van der Waals surface area contributed by atoms with Crippen molar-refractivity contribution in [3.05, 3.63) is 53.6 Å². The zero-order valence-corrected chi connectivity index (χ0v) is 15.1. The summed E-state index contributed by atoms with van der Waals surface area (Å²) in [5, 5.41) is 3.94. The van der Waals surface area contributed by atoms with E-state index < -0.39 is 0 Å². The largest absolute Gasteiger partial charge is 0.496 e. The van der Waals surface area contributed by atoms with Crippen LogP contribution in [-0.2, 0) is 11.2 Å². The summed E-state index contributed by atoms with van der Waals surface area (Å²) in [5.41, 5.74) is 4.04. The quantitative estimate of drug-likeness (QED) is 0.640. The van der Waals surface area contributed by atoms with Crippen LogP contribution < -0.4 is 19.6 Å². The topological polar surface area (TPSA) is 69.2 Å². The number of benzene rings is 2. The minimum atomic E-state index is -0.356. The van der Waals surface area contributed by atoms with Crippen LogP contribution in [-0.4, -0.2) is 31.4 Å². The molecule has 26 heavy (non-hydrogen) atoms. The Morgan fingerprint density at radius 1 is 1.23 bits per heavy atom. The molecule has 0 saturated heterocycles. The molecule has 1 aliphatic rings. The lowest BCUT2D eigenvalue weighted by molar-refractivity contribution is -0.123. The highest BCUT2D eigenvalue weighted by atomic mass is 16.5. The van der Waals surface area contributed by atoms with Gasteiger partial charge in [0.2, 0.25) is 0 Å². The van der Waals surface area contributed by atoms with Crippen molar-refractivity contribution < 1.29 is 19.0 Å². The summed E-state index contributed by atoms with van der Waals surface area (Å²) in [5.74, 6) is 1.60. The van der Waals surface area contributed by atoms with Gasteiger partial charge in [0.05, 0.1) is 13.3 Å². The standard InChI is InChI=1S/C20H22N2O4/c1-20(2)11-14-8-6-10-17(19(14)26-20)25-13-18(23)22-21-12-15-7-4-5-9-16(15)24-3/h4-10,12H,11,13H2,1-3H3,(H,22,23)/b21-12+. The number of amides is 1. The van der Waals surface area contributed by atoms with Crippen LogP contribution in [0.2, 0.25) is 0 Å². The molecule has 1 amide bonds. The number of hydrogen-bond donors (Lipinski definition) is 1. The molecule has 3 rings (SSSR count). The molecule has 0 fully saturated rings. The van der Waals surface area contributed by atoms with Gasteiger partial charge in [-0.05, 0) is 32.0 Å². The Morgan fingerprint density at radius 3 is 2.81 bits per heavy atom. The molecule has 6 nitrogen and oxygen atoms in total. The number of hydrazone groups is 1. The summed E-state index contributed by atoms with van der Waals surface area (Å²) in [4.78, 5) is 12.0. The van der Waals surface area contributed by atoms with E-state index in [0.717, 1.165) is 17.5 Å². The number of hydrogen-bond acceptors (Lipinski definition) is 5. The maximum atomic E-state index is 12.0. The summed E-state index contributed by atoms with van der Waals surface area (Å²) in [6.45, 7) is 3.90. The SMILES string of the molecule is COc1ccccc1/C=N/NC(=O)COc1cccc2c1OC(C)(C)C2. The van der Waals surface area contributed by atoms with E-state index in [9.17, 15) is 4.79 Å². The van der Waals surface area contributed by atoms with Gasteiger partial charge in [0.15, 0.2) is 18.1 Å². The van der Waals surface area contributed by atoms with Crippen molar-refractivity contribution in [3.63, 3.8) is 0 Å². The molecule has 0 aliphatic carbocycles. The van der Waals surface area contributed by atoms with Gasteiger partial charge in [-0.15, -0.1) is 0 Å². The van der Waals surface area contributed by atoms with E-state index in [-0.39, 0.29) is 18.1 Å². The molecule has 2 aromatic rings. The van der Waals surface area contributed by atoms with Crippen molar-refractivity contribution in [2.45, 2.75) is 25.9 Å². The first-order valence-corrected chi connectivity index (χ1v) is 8.37. The van der Waals surface area contributed by atoms with Gasteiger partial charge in [-0.2, -0.15) is 5.10 Å². The lowest BCUT2D eigenvalue weighted by Crippen LogP contribution is -2.26. The van der Waals surface area contributed by atoms with Gasteiger partial charge in [-0.25, -0.2) is 5.43 Å². The van der Waals surface area contributed by atoms with Crippen molar-refractivity contribution in [2.24, 2.45) is 5.10 Å². The average Bonchev–Trinajstić information content (AvgIpc) is 2.94. The van der Waals surface area contributed by atoms with E-state index in [2.05, 4.69) is 10.5 Å². The minimum absolute atomic E-state index is 0.149. The van der Waals surface area contributed by atoms with Gasteiger partial charge in [0, 0.05) is 17.5 Å². The van der Waals surface area contributed by atoms with Gasteiger partial charge in [0.1, 0.15) is 11.4 Å². The van der Waals surface area contributed by atoms with Crippen LogP contribution in [0.25, 0.3) is 0 Å². The van der Waals surface area contributed by atoms with Crippen molar-refractivity contribution >= 4 is 12.1 Å². The summed E-state index contributed by atoms with van der Waals surface area (Å²) in [6, 6.07) is 13.1. The molecule has 0 bridgehead atoms. The molecule has 1 N–H and O–H groups in total. The maximum Gasteiger partial charge on any atom is 0.277 e. The van der Waals surface area contributed by atoms with Crippen LogP contribution in [0.15, 0.2) is 47.6 Å². The Labute approximate surface area is 152 Å². The first kappa shape index (κ1) is 17.8. The molecule has 136 valence electrons. The fraction of sp³-hybridized carbons (Fsp3) is 0.300. The monoisotopic (exact) mass is 354 g/mol. The minimum Gasteiger partial charge on any atom is -0.496 e. The smallest absolute Gasteiger partial charge is 0.277 e. The molecule has 0 atom stereocenters. The second-order valence-electron chi connectivity index (χ2n) is 6.61. The predicted octanol–water partition coefficient (Wildman–Crippen LogP) is 2.94. The molecule has 0 radical (unpaired) electrons. The van der Waals surface area contributed by atoms with Gasteiger partial charge < -0.3 is 14.2 Å². The number of fused-ring (bicyclic) bond motifs is 1. The molecule has 0 unspecified atom stereocenters. The van der Waals surface area contributed by atoms with Crippen molar-refractivity contribution in [1.82, 2.24) is 5.43 Å². The first-order valence-electron chi connectivity index (χ1n) is 8.37. The van der Waals surface area contributed by atoms with Gasteiger partial charge in [-0.1, -0.05) is 24.3 Å². The van der Waals surface area contributed by atoms with Crippen LogP contribution in [0.1, 0.15) is 25.0 Å². The van der Waals surface area contributed by atoms with Crippen LogP contribution in [0.5, 0.6) is 17.2 Å². The van der Waals surface area contributed by atoms with Crippen molar-refractivity contribution in [3.8, 4) is 17.2 Å². The number of carbonyl (C=O) groups excluding carboxylic acids is 1. The maximum absolute atomic E-state index is 12.0. The molecule has 0 aromatic heterocycles. The normalized spacial score (nSPS) is 14.6. The fourth-order valence-electron chi connectivity index (χ4n) is 2.82. The van der Waals surface area contributed by atoms with Gasteiger partial charge in [-0.3, -0.25) is 4.79 Å². The lowest BCUT2D eigenvalue weighted by Gasteiger charge is -2.18. The third kappa shape index (κ3) is 4.14. The molecule has 1 aliphatic heterocycles.